The van der Waals surface area contributed by atoms with Crippen molar-refractivity contribution in [1.29, 1.82) is 0 Å². The molecule has 1 fully saturated rings. The molecule has 0 aromatic heterocycles. The summed E-state index contributed by atoms with van der Waals surface area (Å²) in [7, 11) is 0. The third kappa shape index (κ3) is 4.86. The lowest BCUT2D eigenvalue weighted by Crippen LogP contribution is -2.40. The Morgan fingerprint density at radius 1 is 1.14 bits per heavy atom. The van der Waals surface area contributed by atoms with E-state index in [9.17, 15) is 9.59 Å². The lowest BCUT2D eigenvalue weighted by atomic mass is 10.1. The summed E-state index contributed by atoms with van der Waals surface area (Å²) in [5.41, 5.74) is 1.82. The maximum Gasteiger partial charge on any atom is 0.239 e. The average molecular weight is 290 g/mol. The molecule has 1 aromatic rings. The fourth-order valence-electron chi connectivity index (χ4n) is 2.40. The van der Waals surface area contributed by atoms with Crippen LogP contribution in [0.4, 0.5) is 0 Å². The van der Waals surface area contributed by atoms with Crippen molar-refractivity contribution in [2.24, 2.45) is 0 Å². The second-order valence-corrected chi connectivity index (χ2v) is 5.38. The Morgan fingerprint density at radius 2 is 1.86 bits per heavy atom. The van der Waals surface area contributed by atoms with Gasteiger partial charge < -0.3 is 15.3 Å². The first-order chi connectivity index (χ1) is 10.2. The zero-order valence-electron chi connectivity index (χ0n) is 12.2. The van der Waals surface area contributed by atoms with E-state index in [1.54, 1.807) is 4.90 Å². The van der Waals surface area contributed by atoms with Gasteiger partial charge in [-0.25, -0.2) is 0 Å². The Kier molecular flexibility index (Phi) is 5.75. The molecule has 1 saturated heterocycles. The molecule has 21 heavy (non-hydrogen) atoms. The van der Waals surface area contributed by atoms with Gasteiger partial charge in [0.05, 0.1) is 13.2 Å². The van der Waals surface area contributed by atoms with Crippen LogP contribution in [0.3, 0.4) is 0 Å². The third-order valence-corrected chi connectivity index (χ3v) is 3.70. The van der Waals surface area contributed by atoms with Crippen LogP contribution in [0.25, 0.3) is 0 Å². The Morgan fingerprint density at radius 3 is 2.57 bits per heavy atom. The molecule has 1 aliphatic rings. The molecule has 0 unspecified atom stereocenters. The minimum absolute atomic E-state index is 0.0176. The molecule has 0 saturated carbocycles. The van der Waals surface area contributed by atoms with E-state index in [1.165, 1.54) is 0 Å². The smallest absolute Gasteiger partial charge is 0.239 e. The van der Waals surface area contributed by atoms with Crippen molar-refractivity contribution in [2.75, 3.05) is 13.1 Å². The SMILES string of the molecule is O=C(CN1CCCCCC1=O)NCc1ccc(CO)cc1. The van der Waals surface area contributed by atoms with Crippen LogP contribution in [0.5, 0.6) is 0 Å². The van der Waals surface area contributed by atoms with Crippen molar-refractivity contribution < 1.29 is 14.7 Å². The van der Waals surface area contributed by atoms with Gasteiger partial charge in [0.15, 0.2) is 0 Å². The fourth-order valence-corrected chi connectivity index (χ4v) is 2.40. The molecule has 1 aliphatic heterocycles. The van der Waals surface area contributed by atoms with E-state index < -0.39 is 0 Å². The van der Waals surface area contributed by atoms with Gasteiger partial charge in [-0.2, -0.15) is 0 Å². The molecule has 1 aromatic carbocycles. The number of nitrogens with one attached hydrogen (secondary N) is 1. The molecule has 0 spiro atoms. The summed E-state index contributed by atoms with van der Waals surface area (Å²) in [6, 6.07) is 7.42. The minimum atomic E-state index is -0.128. The topological polar surface area (TPSA) is 69.6 Å². The van der Waals surface area contributed by atoms with Gasteiger partial charge in [0.1, 0.15) is 0 Å². The van der Waals surface area contributed by atoms with Crippen molar-refractivity contribution in [3.05, 3.63) is 35.4 Å². The van der Waals surface area contributed by atoms with Gasteiger partial charge in [-0.05, 0) is 24.0 Å². The largest absolute Gasteiger partial charge is 0.392 e. The van der Waals surface area contributed by atoms with Crippen LogP contribution in [0.2, 0.25) is 0 Å². The van der Waals surface area contributed by atoms with Gasteiger partial charge in [0, 0.05) is 19.5 Å². The first kappa shape index (κ1) is 15.5. The van der Waals surface area contributed by atoms with Gasteiger partial charge in [-0.1, -0.05) is 30.7 Å². The quantitative estimate of drug-likeness (QED) is 0.856. The lowest BCUT2D eigenvalue weighted by molar-refractivity contribution is -0.135. The van der Waals surface area contributed by atoms with E-state index in [-0.39, 0.29) is 25.0 Å². The van der Waals surface area contributed by atoms with Crippen LogP contribution in [0.1, 0.15) is 36.8 Å². The molecule has 2 amide bonds. The van der Waals surface area contributed by atoms with Crippen LogP contribution in [0.15, 0.2) is 24.3 Å². The molecule has 0 aliphatic carbocycles. The molecule has 5 nitrogen and oxygen atoms in total. The Labute approximate surface area is 125 Å². The van der Waals surface area contributed by atoms with E-state index in [4.69, 9.17) is 5.11 Å². The highest BCUT2D eigenvalue weighted by atomic mass is 16.3. The highest BCUT2D eigenvalue weighted by molar-refractivity contribution is 5.84. The van der Waals surface area contributed by atoms with Crippen LogP contribution < -0.4 is 5.32 Å². The number of hydrogen-bond donors (Lipinski definition) is 2. The van der Waals surface area contributed by atoms with Crippen molar-refractivity contribution >= 4 is 11.8 Å². The molecule has 2 N–H and O–H groups in total. The van der Waals surface area contributed by atoms with Crippen LogP contribution in [0, 0.1) is 0 Å². The van der Waals surface area contributed by atoms with Crippen LogP contribution in [-0.4, -0.2) is 34.9 Å². The zero-order chi connectivity index (χ0) is 15.1. The Bertz CT molecular complexity index is 485. The van der Waals surface area contributed by atoms with Crippen LogP contribution in [-0.2, 0) is 22.7 Å². The second kappa shape index (κ2) is 7.78. The number of benzene rings is 1. The van der Waals surface area contributed by atoms with Crippen molar-refractivity contribution in [2.45, 2.75) is 38.8 Å². The van der Waals surface area contributed by atoms with Gasteiger partial charge in [-0.15, -0.1) is 0 Å². The Balaban J connectivity index is 1.79. The number of aliphatic hydroxyl groups is 1. The molecule has 5 heteroatoms. The normalized spacial score (nSPS) is 15.7. The molecular weight excluding hydrogens is 268 g/mol. The summed E-state index contributed by atoms with van der Waals surface area (Å²) in [4.78, 5) is 25.4. The zero-order valence-corrected chi connectivity index (χ0v) is 12.2. The average Bonchev–Trinajstić information content (AvgIpc) is 2.71. The van der Waals surface area contributed by atoms with Crippen molar-refractivity contribution in [3.8, 4) is 0 Å². The molecular formula is C16H22N2O3. The predicted octanol–water partition coefficient (Wildman–Crippen LogP) is 1.20. The summed E-state index contributed by atoms with van der Waals surface area (Å²) in [6.45, 7) is 1.28. The van der Waals surface area contributed by atoms with E-state index in [1.807, 2.05) is 24.3 Å². The maximum absolute atomic E-state index is 11.9. The first-order valence-corrected chi connectivity index (χ1v) is 7.42. The number of aliphatic hydroxyl groups excluding tert-OH is 1. The number of carbonyl (C=O) groups excluding carboxylic acids is 2. The number of amides is 2. The number of nitrogens with zero attached hydrogens (tertiary/aromatic N) is 1. The molecule has 1 heterocycles. The van der Waals surface area contributed by atoms with E-state index in [0.717, 1.165) is 30.4 Å². The summed E-state index contributed by atoms with van der Waals surface area (Å²) in [5.74, 6) is -0.0496. The number of rotatable bonds is 5. The lowest BCUT2D eigenvalue weighted by Gasteiger charge is -2.19. The van der Waals surface area contributed by atoms with Gasteiger partial charge in [0.25, 0.3) is 0 Å². The monoisotopic (exact) mass is 290 g/mol. The molecule has 0 bridgehead atoms. The second-order valence-electron chi connectivity index (χ2n) is 5.38. The van der Waals surface area contributed by atoms with E-state index in [2.05, 4.69) is 5.32 Å². The van der Waals surface area contributed by atoms with Gasteiger partial charge in [0.2, 0.25) is 11.8 Å². The Hall–Kier alpha value is -1.88. The highest BCUT2D eigenvalue weighted by Gasteiger charge is 2.18. The number of hydrogen-bond acceptors (Lipinski definition) is 3. The summed E-state index contributed by atoms with van der Waals surface area (Å²) < 4.78 is 0. The molecule has 114 valence electrons. The van der Waals surface area contributed by atoms with Crippen LogP contribution >= 0.6 is 0 Å². The minimum Gasteiger partial charge on any atom is -0.392 e. The van der Waals surface area contributed by atoms with Crippen molar-refractivity contribution in [3.63, 3.8) is 0 Å². The number of carbonyl (C=O) groups is 2. The predicted molar refractivity (Wildman–Crippen MR) is 79.3 cm³/mol. The number of likely N-dealkylation sites (tertiary alicyclic amines) is 1. The molecule has 0 atom stereocenters. The van der Waals surface area contributed by atoms with E-state index in [0.29, 0.717) is 19.5 Å². The fraction of sp³-hybridized carbons (Fsp3) is 0.500. The highest BCUT2D eigenvalue weighted by Crippen LogP contribution is 2.10. The summed E-state index contributed by atoms with van der Waals surface area (Å²) >= 11 is 0. The molecule has 0 radical (unpaired) electrons. The third-order valence-electron chi connectivity index (χ3n) is 3.70. The van der Waals surface area contributed by atoms with Gasteiger partial charge >= 0.3 is 0 Å². The summed E-state index contributed by atoms with van der Waals surface area (Å²) in [5, 5.41) is 11.8. The maximum atomic E-state index is 11.9. The standard InChI is InChI=1S/C16H22N2O3/c19-12-14-7-5-13(6-8-14)10-17-15(20)11-18-9-3-1-2-4-16(18)21/h5-8,19H,1-4,9-12H2,(H,17,20). The van der Waals surface area contributed by atoms with Gasteiger partial charge in [-0.3, -0.25) is 9.59 Å². The summed E-state index contributed by atoms with van der Waals surface area (Å²) in [6.07, 6.45) is 3.51. The molecule has 2 rings (SSSR count). The van der Waals surface area contributed by atoms with E-state index >= 15 is 0 Å². The van der Waals surface area contributed by atoms with Crippen molar-refractivity contribution in [1.82, 2.24) is 10.2 Å². The first-order valence-electron chi connectivity index (χ1n) is 7.42.